The number of nitrogens with zero attached hydrogens (tertiary/aromatic N) is 1. The van der Waals surface area contributed by atoms with E-state index in [-0.39, 0.29) is 36.6 Å². The van der Waals surface area contributed by atoms with Crippen molar-refractivity contribution in [2.24, 2.45) is 5.73 Å². The molecule has 11 nitrogen and oxygen atoms in total. The van der Waals surface area contributed by atoms with Crippen LogP contribution in [0.2, 0.25) is 0 Å². The van der Waals surface area contributed by atoms with Crippen LogP contribution < -0.4 is 16.4 Å². The van der Waals surface area contributed by atoms with Gasteiger partial charge in [-0.1, -0.05) is 12.1 Å². The molecule has 1 aliphatic rings. The Morgan fingerprint density at radius 1 is 1.17 bits per heavy atom. The van der Waals surface area contributed by atoms with Gasteiger partial charge in [0.1, 0.15) is 0 Å². The smallest absolute Gasteiger partial charge is 0.336 e. The average Bonchev–Trinajstić information content (AvgIpc) is 2.80. The molecule has 1 unspecified atom stereocenters. The number of benzene rings is 1. The monoisotopic (exact) mass is 506 g/mol. The van der Waals surface area contributed by atoms with Crippen LogP contribution in [0.4, 0.5) is 5.69 Å². The molecule has 1 amide bonds. The first-order valence-corrected chi connectivity index (χ1v) is 12.2. The van der Waals surface area contributed by atoms with Gasteiger partial charge in [0, 0.05) is 41.6 Å². The van der Waals surface area contributed by atoms with E-state index in [0.29, 0.717) is 35.0 Å². The number of dihydropyridines is 1. The van der Waals surface area contributed by atoms with Gasteiger partial charge in [-0.3, -0.25) is 14.9 Å². The van der Waals surface area contributed by atoms with E-state index in [2.05, 4.69) is 10.6 Å². The number of hydrogen-bond acceptors (Lipinski definition) is 10. The first kappa shape index (κ1) is 27.9. The molecule has 12 heteroatoms. The zero-order valence-corrected chi connectivity index (χ0v) is 20.7. The molecule has 1 aromatic rings. The van der Waals surface area contributed by atoms with Crippen molar-refractivity contribution in [3.05, 3.63) is 62.5 Å². The summed E-state index contributed by atoms with van der Waals surface area (Å²) in [6, 6.07) is 5.83. The molecule has 4 N–H and O–H groups in total. The molecule has 0 aliphatic carbocycles. The fraction of sp³-hybridized carbons (Fsp3) is 0.435. The molecule has 1 aromatic carbocycles. The van der Waals surface area contributed by atoms with Crippen LogP contribution in [-0.2, 0) is 23.9 Å². The van der Waals surface area contributed by atoms with Gasteiger partial charge in [0.25, 0.3) is 5.69 Å². The van der Waals surface area contributed by atoms with E-state index < -0.39 is 28.7 Å². The maximum Gasteiger partial charge on any atom is 0.336 e. The number of thioether (sulfide) groups is 1. The largest absolute Gasteiger partial charge is 0.463 e. The van der Waals surface area contributed by atoms with E-state index in [4.69, 9.17) is 15.2 Å². The summed E-state index contributed by atoms with van der Waals surface area (Å²) in [5.74, 6) is -1.65. The van der Waals surface area contributed by atoms with E-state index in [1.807, 2.05) is 0 Å². The van der Waals surface area contributed by atoms with E-state index in [9.17, 15) is 24.5 Å². The number of nitrogens with two attached hydrogens (primary N) is 1. The number of primary amides is 1. The van der Waals surface area contributed by atoms with Crippen molar-refractivity contribution in [1.29, 1.82) is 0 Å². The highest BCUT2D eigenvalue weighted by molar-refractivity contribution is 7.99. The number of carbonyl (C=O) groups excluding carboxylic acids is 3. The Morgan fingerprint density at radius 2 is 1.83 bits per heavy atom. The molecule has 1 heterocycles. The Kier molecular flexibility index (Phi) is 10.7. The second-order valence-electron chi connectivity index (χ2n) is 7.48. The highest BCUT2D eigenvalue weighted by Crippen LogP contribution is 2.40. The molecule has 0 saturated carbocycles. The minimum atomic E-state index is -0.919. The lowest BCUT2D eigenvalue weighted by atomic mass is 9.80. The Hall–Kier alpha value is -3.38. The SMILES string of the molecule is CCOC(=O)C1=C(C)NC(CSCCNCC(N)=O)=C(C(=O)OCC)C1c1cccc([N+](=O)[O-])c1. The molecular formula is C23H30N4O7S. The molecule has 35 heavy (non-hydrogen) atoms. The number of rotatable bonds is 13. The van der Waals surface area contributed by atoms with Crippen molar-refractivity contribution in [3.8, 4) is 0 Å². The van der Waals surface area contributed by atoms with Crippen LogP contribution >= 0.6 is 11.8 Å². The van der Waals surface area contributed by atoms with Crippen LogP contribution in [0.25, 0.3) is 0 Å². The van der Waals surface area contributed by atoms with Crippen LogP contribution in [0.15, 0.2) is 46.8 Å². The predicted molar refractivity (Wildman–Crippen MR) is 131 cm³/mol. The summed E-state index contributed by atoms with van der Waals surface area (Å²) in [6.07, 6.45) is 0. The van der Waals surface area contributed by atoms with Gasteiger partial charge < -0.3 is 25.8 Å². The van der Waals surface area contributed by atoms with Crippen molar-refractivity contribution >= 4 is 35.3 Å². The molecule has 0 fully saturated rings. The molecule has 1 aliphatic heterocycles. The molecular weight excluding hydrogens is 476 g/mol. The lowest BCUT2D eigenvalue weighted by molar-refractivity contribution is -0.384. The van der Waals surface area contributed by atoms with Crippen LogP contribution in [0.1, 0.15) is 32.3 Å². The third-order valence-electron chi connectivity index (χ3n) is 5.02. The third-order valence-corrected chi connectivity index (χ3v) is 6.00. The Labute approximate surface area is 207 Å². The fourth-order valence-corrected chi connectivity index (χ4v) is 4.49. The Bertz CT molecular complexity index is 1040. The van der Waals surface area contributed by atoms with Crippen LogP contribution in [0, 0.1) is 10.1 Å². The number of allylic oxidation sites excluding steroid dienone is 1. The quantitative estimate of drug-likeness (QED) is 0.155. The molecule has 0 spiro atoms. The molecule has 2 rings (SSSR count). The van der Waals surface area contributed by atoms with Crippen molar-refractivity contribution < 1.29 is 28.8 Å². The summed E-state index contributed by atoms with van der Waals surface area (Å²) >= 11 is 1.49. The zero-order valence-electron chi connectivity index (χ0n) is 19.9. The fourth-order valence-electron chi connectivity index (χ4n) is 3.62. The second-order valence-corrected chi connectivity index (χ2v) is 8.58. The van der Waals surface area contributed by atoms with E-state index in [1.54, 1.807) is 26.8 Å². The first-order chi connectivity index (χ1) is 16.7. The molecule has 190 valence electrons. The average molecular weight is 507 g/mol. The molecule has 0 aromatic heterocycles. The summed E-state index contributed by atoms with van der Waals surface area (Å²) in [4.78, 5) is 47.9. The van der Waals surface area contributed by atoms with Gasteiger partial charge in [0.05, 0.1) is 41.7 Å². The lowest BCUT2D eigenvalue weighted by Crippen LogP contribution is -2.34. The summed E-state index contributed by atoms with van der Waals surface area (Å²) in [7, 11) is 0. The van der Waals surface area contributed by atoms with Crippen molar-refractivity contribution in [2.45, 2.75) is 26.7 Å². The normalized spacial score (nSPS) is 15.5. The van der Waals surface area contributed by atoms with Gasteiger partial charge in [0.2, 0.25) is 5.91 Å². The standard InChI is InChI=1S/C23H30N4O7S/c1-4-33-22(29)19-14(3)26-17(13-35-10-9-25-12-18(24)28)21(23(30)34-5-2)20(19)15-7-6-8-16(11-15)27(31)32/h6-8,11,20,25-26H,4-5,9-10,12-13H2,1-3H3,(H2,24,28). The third kappa shape index (κ3) is 7.55. The minimum Gasteiger partial charge on any atom is -0.463 e. The summed E-state index contributed by atoms with van der Waals surface area (Å²) in [6.45, 7) is 5.85. The first-order valence-electron chi connectivity index (χ1n) is 11.1. The zero-order chi connectivity index (χ0) is 26.0. The second kappa shape index (κ2) is 13.5. The molecule has 0 saturated heterocycles. The van der Waals surface area contributed by atoms with E-state index >= 15 is 0 Å². The molecule has 0 radical (unpaired) electrons. The number of nitro groups is 1. The number of esters is 2. The molecule has 0 bridgehead atoms. The minimum absolute atomic E-state index is 0.0647. The number of nitrogens with one attached hydrogen (secondary N) is 2. The highest BCUT2D eigenvalue weighted by atomic mass is 32.2. The number of hydrogen-bond donors (Lipinski definition) is 3. The Balaban J connectivity index is 2.51. The van der Waals surface area contributed by atoms with Crippen LogP contribution in [0.3, 0.4) is 0 Å². The number of non-ortho nitro benzene ring substituents is 1. The number of amides is 1. The van der Waals surface area contributed by atoms with Gasteiger partial charge in [-0.05, 0) is 26.3 Å². The number of carbonyl (C=O) groups is 3. The summed E-state index contributed by atoms with van der Waals surface area (Å²) < 4.78 is 10.6. The van der Waals surface area contributed by atoms with E-state index in [0.717, 1.165) is 0 Å². The van der Waals surface area contributed by atoms with Crippen molar-refractivity contribution in [3.63, 3.8) is 0 Å². The maximum atomic E-state index is 13.2. The highest BCUT2D eigenvalue weighted by Gasteiger charge is 2.39. The summed E-state index contributed by atoms with van der Waals surface area (Å²) in [5.41, 5.74) is 6.75. The Morgan fingerprint density at radius 3 is 2.43 bits per heavy atom. The van der Waals surface area contributed by atoms with Crippen molar-refractivity contribution in [2.75, 3.05) is 37.8 Å². The van der Waals surface area contributed by atoms with Gasteiger partial charge in [0.15, 0.2) is 0 Å². The van der Waals surface area contributed by atoms with Gasteiger partial charge in [-0.25, -0.2) is 9.59 Å². The predicted octanol–water partition coefficient (Wildman–Crippen LogP) is 1.74. The summed E-state index contributed by atoms with van der Waals surface area (Å²) in [5, 5.41) is 17.5. The van der Waals surface area contributed by atoms with E-state index in [1.165, 1.54) is 30.0 Å². The lowest BCUT2D eigenvalue weighted by Gasteiger charge is -2.31. The van der Waals surface area contributed by atoms with Crippen LogP contribution in [0.5, 0.6) is 0 Å². The maximum absolute atomic E-state index is 13.2. The van der Waals surface area contributed by atoms with Gasteiger partial charge in [-0.2, -0.15) is 11.8 Å². The van der Waals surface area contributed by atoms with Gasteiger partial charge >= 0.3 is 11.9 Å². The number of ether oxygens (including phenoxy) is 2. The van der Waals surface area contributed by atoms with Crippen LogP contribution in [-0.4, -0.2) is 60.6 Å². The van der Waals surface area contributed by atoms with Gasteiger partial charge in [-0.15, -0.1) is 0 Å². The topological polar surface area (TPSA) is 163 Å². The number of nitro benzene ring substituents is 1. The molecule has 1 atom stereocenters. The van der Waals surface area contributed by atoms with Crippen molar-refractivity contribution in [1.82, 2.24) is 10.6 Å².